The van der Waals surface area contributed by atoms with Crippen LogP contribution in [0.5, 0.6) is 0 Å². The molecule has 0 aliphatic heterocycles. The molecule has 0 bridgehead atoms. The second kappa shape index (κ2) is 10.3. The predicted molar refractivity (Wildman–Crippen MR) is 132 cm³/mol. The van der Waals surface area contributed by atoms with Gasteiger partial charge in [-0.15, -0.1) is 0 Å². The van der Waals surface area contributed by atoms with E-state index in [1.165, 1.54) is 0 Å². The zero-order chi connectivity index (χ0) is 23.1. The minimum absolute atomic E-state index is 0.109. The molecule has 1 amide bonds. The summed E-state index contributed by atoms with van der Waals surface area (Å²) < 4.78 is 25.3. The summed E-state index contributed by atoms with van der Waals surface area (Å²) in [4.78, 5) is 15.5. The average molecular weight is 456 g/mol. The highest BCUT2D eigenvalue weighted by atomic mass is 32.2. The molecule has 0 atom stereocenters. The highest BCUT2D eigenvalue weighted by molar-refractivity contribution is 7.90. The summed E-state index contributed by atoms with van der Waals surface area (Å²) in [7, 11) is -3.44. The van der Waals surface area contributed by atoms with E-state index < -0.39 is 9.84 Å². The van der Waals surface area contributed by atoms with Crippen LogP contribution in [0, 0.1) is 0 Å². The van der Waals surface area contributed by atoms with Gasteiger partial charge >= 0.3 is 0 Å². The largest absolute Gasteiger partial charge is 0.308 e. The predicted octanol–water partition coefficient (Wildman–Crippen LogP) is 5.55. The maximum absolute atomic E-state index is 13.4. The van der Waals surface area contributed by atoms with Gasteiger partial charge in [0.25, 0.3) is 5.91 Å². The Hall–Kier alpha value is -3.70. The number of benzene rings is 4. The van der Waals surface area contributed by atoms with E-state index in [0.29, 0.717) is 22.6 Å². The Kier molecular flexibility index (Phi) is 7.01. The Labute approximate surface area is 195 Å². The fourth-order valence-electron chi connectivity index (χ4n) is 3.67. The third-order valence-electron chi connectivity index (χ3n) is 5.44. The summed E-state index contributed by atoms with van der Waals surface area (Å²) in [6, 6.07) is 34.9. The van der Waals surface area contributed by atoms with E-state index in [1.54, 1.807) is 59.5 Å². The number of sulfone groups is 1. The van der Waals surface area contributed by atoms with E-state index in [2.05, 4.69) is 12.1 Å². The van der Waals surface area contributed by atoms with Crippen LogP contribution in [0.25, 0.3) is 0 Å². The molecule has 0 fully saturated rings. The monoisotopic (exact) mass is 455 g/mol. The quantitative estimate of drug-likeness (QED) is 0.350. The van der Waals surface area contributed by atoms with Crippen LogP contribution in [0.2, 0.25) is 0 Å². The third-order valence-corrected chi connectivity index (χ3v) is 7.14. The van der Waals surface area contributed by atoms with Crippen molar-refractivity contribution in [2.45, 2.75) is 17.1 Å². The fraction of sp³-hybridized carbons (Fsp3) is 0.107. The molecule has 0 aliphatic rings. The lowest BCUT2D eigenvalue weighted by molar-refractivity contribution is 0.0987. The minimum atomic E-state index is -3.44. The molecule has 0 aromatic heterocycles. The normalized spacial score (nSPS) is 11.2. The van der Waals surface area contributed by atoms with Crippen molar-refractivity contribution in [3.63, 3.8) is 0 Å². The molecule has 166 valence electrons. The Morgan fingerprint density at radius 3 is 1.79 bits per heavy atom. The first-order chi connectivity index (χ1) is 16.0. The number of amides is 1. The van der Waals surface area contributed by atoms with Gasteiger partial charge in [0, 0.05) is 17.8 Å². The van der Waals surface area contributed by atoms with Gasteiger partial charge < -0.3 is 4.90 Å². The van der Waals surface area contributed by atoms with E-state index in [4.69, 9.17) is 0 Å². The van der Waals surface area contributed by atoms with E-state index in [9.17, 15) is 13.2 Å². The van der Waals surface area contributed by atoms with Crippen LogP contribution in [0.4, 0.5) is 5.69 Å². The van der Waals surface area contributed by atoms with E-state index >= 15 is 0 Å². The van der Waals surface area contributed by atoms with E-state index in [0.717, 1.165) is 17.7 Å². The number of hydrogen-bond donors (Lipinski definition) is 0. The molecular weight excluding hydrogens is 430 g/mol. The molecule has 0 heterocycles. The van der Waals surface area contributed by atoms with Crippen LogP contribution >= 0.6 is 0 Å². The SMILES string of the molecule is O=C(c1ccc(CS(=O)(=O)c2ccccc2)cc1)N(CCc1ccccc1)c1ccccc1. The zero-order valence-corrected chi connectivity index (χ0v) is 19.0. The highest BCUT2D eigenvalue weighted by Crippen LogP contribution is 2.20. The summed E-state index contributed by atoms with van der Waals surface area (Å²) in [5.74, 6) is -0.225. The standard InChI is InChI=1S/C28H25NO3S/c30-28(29(26-12-6-2-7-13-26)21-20-23-10-4-1-5-11-23)25-18-16-24(17-19-25)22-33(31,32)27-14-8-3-9-15-27/h1-19H,20-22H2. The lowest BCUT2D eigenvalue weighted by Crippen LogP contribution is -2.33. The average Bonchev–Trinajstić information content (AvgIpc) is 2.86. The van der Waals surface area contributed by atoms with Crippen molar-refractivity contribution in [2.75, 3.05) is 11.4 Å². The molecule has 5 heteroatoms. The van der Waals surface area contributed by atoms with Crippen LogP contribution < -0.4 is 4.90 Å². The van der Waals surface area contributed by atoms with Crippen molar-refractivity contribution in [1.82, 2.24) is 0 Å². The number of anilines is 1. The molecule has 0 unspecified atom stereocenters. The van der Waals surface area contributed by atoms with Crippen LogP contribution in [0.3, 0.4) is 0 Å². The van der Waals surface area contributed by atoms with Gasteiger partial charge in [-0.05, 0) is 53.9 Å². The molecule has 4 aromatic rings. The Bertz CT molecular complexity index is 1290. The number of carbonyl (C=O) groups is 1. The van der Waals surface area contributed by atoms with Crippen LogP contribution in [-0.4, -0.2) is 20.9 Å². The summed E-state index contributed by atoms with van der Waals surface area (Å²) in [6.45, 7) is 0.539. The first kappa shape index (κ1) is 22.5. The molecule has 0 spiro atoms. The van der Waals surface area contributed by atoms with Crippen LogP contribution in [0.1, 0.15) is 21.5 Å². The summed E-state index contributed by atoms with van der Waals surface area (Å²) >= 11 is 0. The topological polar surface area (TPSA) is 54.5 Å². The minimum Gasteiger partial charge on any atom is -0.308 e. The highest BCUT2D eigenvalue weighted by Gasteiger charge is 2.19. The number of para-hydroxylation sites is 1. The molecule has 4 nitrogen and oxygen atoms in total. The van der Waals surface area contributed by atoms with Crippen molar-refractivity contribution in [3.05, 3.63) is 132 Å². The van der Waals surface area contributed by atoms with Crippen molar-refractivity contribution >= 4 is 21.4 Å². The third kappa shape index (κ3) is 5.76. The van der Waals surface area contributed by atoms with Gasteiger partial charge in [-0.2, -0.15) is 0 Å². The lowest BCUT2D eigenvalue weighted by Gasteiger charge is -2.23. The van der Waals surface area contributed by atoms with Gasteiger partial charge in [0.15, 0.2) is 9.84 Å². The maximum Gasteiger partial charge on any atom is 0.258 e. The zero-order valence-electron chi connectivity index (χ0n) is 18.2. The number of hydrogen-bond acceptors (Lipinski definition) is 3. The number of rotatable bonds is 8. The van der Waals surface area contributed by atoms with Gasteiger partial charge in [0.1, 0.15) is 0 Å². The van der Waals surface area contributed by atoms with Gasteiger partial charge in [-0.3, -0.25) is 4.79 Å². The van der Waals surface area contributed by atoms with Crippen molar-refractivity contribution in [2.24, 2.45) is 0 Å². The molecular formula is C28H25NO3S. The molecule has 0 N–H and O–H groups in total. The van der Waals surface area contributed by atoms with Crippen molar-refractivity contribution in [1.29, 1.82) is 0 Å². The summed E-state index contributed by atoms with van der Waals surface area (Å²) in [5, 5.41) is 0. The number of nitrogens with zero attached hydrogens (tertiary/aromatic N) is 1. The molecule has 0 aliphatic carbocycles. The second-order valence-electron chi connectivity index (χ2n) is 7.80. The number of carbonyl (C=O) groups excluding carboxylic acids is 1. The molecule has 0 saturated carbocycles. The summed E-state index contributed by atoms with van der Waals surface area (Å²) in [6.07, 6.45) is 0.731. The van der Waals surface area contributed by atoms with Crippen molar-refractivity contribution in [3.8, 4) is 0 Å². The van der Waals surface area contributed by atoms with E-state index in [1.807, 2.05) is 48.5 Å². The maximum atomic E-state index is 13.4. The first-order valence-electron chi connectivity index (χ1n) is 10.8. The Morgan fingerprint density at radius 2 is 1.18 bits per heavy atom. The molecule has 0 radical (unpaired) electrons. The second-order valence-corrected chi connectivity index (χ2v) is 9.79. The van der Waals surface area contributed by atoms with Crippen LogP contribution in [-0.2, 0) is 22.0 Å². The Morgan fingerprint density at radius 1 is 0.636 bits per heavy atom. The van der Waals surface area contributed by atoms with E-state index in [-0.39, 0.29) is 11.7 Å². The molecule has 4 aromatic carbocycles. The summed E-state index contributed by atoms with van der Waals surface area (Å²) in [5.41, 5.74) is 3.15. The smallest absolute Gasteiger partial charge is 0.258 e. The van der Waals surface area contributed by atoms with Gasteiger partial charge in [-0.25, -0.2) is 8.42 Å². The van der Waals surface area contributed by atoms with Gasteiger partial charge in [0.05, 0.1) is 10.6 Å². The first-order valence-corrected chi connectivity index (χ1v) is 12.5. The lowest BCUT2D eigenvalue weighted by atomic mass is 10.1. The fourth-order valence-corrected chi connectivity index (χ4v) is 5.04. The van der Waals surface area contributed by atoms with Gasteiger partial charge in [-0.1, -0.05) is 78.9 Å². The molecule has 0 saturated heterocycles. The van der Waals surface area contributed by atoms with Crippen LogP contribution in [0.15, 0.2) is 120 Å². The van der Waals surface area contributed by atoms with Gasteiger partial charge in [0.2, 0.25) is 0 Å². The molecule has 33 heavy (non-hydrogen) atoms. The Balaban J connectivity index is 1.52. The van der Waals surface area contributed by atoms with Crippen molar-refractivity contribution < 1.29 is 13.2 Å². The molecule has 4 rings (SSSR count).